The SMILES string of the molecule is OC(C1=COCCC1)c1cccc(F)c1F. The summed E-state index contributed by atoms with van der Waals surface area (Å²) in [5.41, 5.74) is 0.535. The minimum atomic E-state index is -1.13. The molecule has 0 saturated carbocycles. The van der Waals surface area contributed by atoms with Crippen molar-refractivity contribution < 1.29 is 18.6 Å². The number of ether oxygens (including phenoxy) is 1. The molecule has 1 heterocycles. The number of rotatable bonds is 2. The van der Waals surface area contributed by atoms with E-state index in [0.717, 1.165) is 12.5 Å². The summed E-state index contributed by atoms with van der Waals surface area (Å²) >= 11 is 0. The highest BCUT2D eigenvalue weighted by Crippen LogP contribution is 2.29. The lowest BCUT2D eigenvalue weighted by molar-refractivity contribution is 0.167. The molecule has 1 aliphatic rings. The maximum Gasteiger partial charge on any atom is 0.164 e. The van der Waals surface area contributed by atoms with Crippen LogP contribution in [0.4, 0.5) is 8.78 Å². The molecule has 0 bridgehead atoms. The first-order chi connectivity index (χ1) is 7.70. The molecule has 1 aromatic rings. The van der Waals surface area contributed by atoms with E-state index in [1.807, 2.05) is 0 Å². The van der Waals surface area contributed by atoms with Crippen molar-refractivity contribution >= 4 is 0 Å². The zero-order chi connectivity index (χ0) is 11.5. The predicted molar refractivity (Wildman–Crippen MR) is 54.6 cm³/mol. The molecule has 16 heavy (non-hydrogen) atoms. The van der Waals surface area contributed by atoms with Gasteiger partial charge < -0.3 is 9.84 Å². The summed E-state index contributed by atoms with van der Waals surface area (Å²) < 4.78 is 31.4. The second kappa shape index (κ2) is 4.61. The normalized spacial score (nSPS) is 17.6. The lowest BCUT2D eigenvalue weighted by Crippen LogP contribution is -2.10. The van der Waals surface area contributed by atoms with Crippen LogP contribution in [0.3, 0.4) is 0 Å². The smallest absolute Gasteiger partial charge is 0.164 e. The minimum Gasteiger partial charge on any atom is -0.501 e. The number of aliphatic hydroxyl groups is 1. The van der Waals surface area contributed by atoms with Gasteiger partial charge in [-0.3, -0.25) is 0 Å². The number of aliphatic hydroxyl groups excluding tert-OH is 1. The van der Waals surface area contributed by atoms with E-state index < -0.39 is 17.7 Å². The van der Waals surface area contributed by atoms with Crippen molar-refractivity contribution in [3.8, 4) is 0 Å². The van der Waals surface area contributed by atoms with Gasteiger partial charge in [-0.15, -0.1) is 0 Å². The van der Waals surface area contributed by atoms with E-state index in [2.05, 4.69) is 0 Å². The van der Waals surface area contributed by atoms with Crippen LogP contribution in [0, 0.1) is 11.6 Å². The van der Waals surface area contributed by atoms with E-state index >= 15 is 0 Å². The average Bonchev–Trinajstić information content (AvgIpc) is 2.33. The number of benzene rings is 1. The van der Waals surface area contributed by atoms with Crippen LogP contribution in [0.25, 0.3) is 0 Å². The first-order valence-electron chi connectivity index (χ1n) is 5.12. The molecule has 0 aliphatic carbocycles. The Morgan fingerprint density at radius 2 is 2.12 bits per heavy atom. The van der Waals surface area contributed by atoms with Crippen LogP contribution in [-0.4, -0.2) is 11.7 Å². The van der Waals surface area contributed by atoms with Crippen molar-refractivity contribution in [1.29, 1.82) is 0 Å². The first-order valence-corrected chi connectivity index (χ1v) is 5.12. The monoisotopic (exact) mass is 226 g/mol. The van der Waals surface area contributed by atoms with E-state index in [9.17, 15) is 13.9 Å². The summed E-state index contributed by atoms with van der Waals surface area (Å²) in [6, 6.07) is 3.77. The Balaban J connectivity index is 2.29. The molecular weight excluding hydrogens is 214 g/mol. The number of hydrogen-bond acceptors (Lipinski definition) is 2. The minimum absolute atomic E-state index is 0.0447. The topological polar surface area (TPSA) is 29.5 Å². The van der Waals surface area contributed by atoms with Gasteiger partial charge in [-0.1, -0.05) is 12.1 Å². The standard InChI is InChI=1S/C12H12F2O2/c13-10-5-1-4-9(11(10)14)12(15)8-3-2-6-16-7-8/h1,4-5,7,12,15H,2-3,6H2. The molecule has 0 spiro atoms. The molecule has 1 unspecified atom stereocenters. The Bertz CT molecular complexity index is 415. The molecule has 0 fully saturated rings. The molecule has 4 heteroatoms. The Morgan fingerprint density at radius 3 is 2.81 bits per heavy atom. The van der Waals surface area contributed by atoms with Crippen LogP contribution in [0.15, 0.2) is 30.0 Å². The van der Waals surface area contributed by atoms with Crippen LogP contribution < -0.4 is 0 Å². The van der Waals surface area contributed by atoms with Crippen molar-refractivity contribution in [2.75, 3.05) is 6.61 Å². The summed E-state index contributed by atoms with van der Waals surface area (Å²) in [5.74, 6) is -1.95. The zero-order valence-corrected chi connectivity index (χ0v) is 8.62. The van der Waals surface area contributed by atoms with Gasteiger partial charge in [-0.05, 0) is 24.5 Å². The van der Waals surface area contributed by atoms with Crippen LogP contribution in [-0.2, 0) is 4.74 Å². The van der Waals surface area contributed by atoms with Gasteiger partial charge in [-0.2, -0.15) is 0 Å². The third-order valence-electron chi connectivity index (χ3n) is 2.59. The summed E-state index contributed by atoms with van der Waals surface area (Å²) in [7, 11) is 0. The lowest BCUT2D eigenvalue weighted by atomic mass is 9.97. The van der Waals surface area contributed by atoms with E-state index in [1.165, 1.54) is 18.4 Å². The van der Waals surface area contributed by atoms with Gasteiger partial charge >= 0.3 is 0 Å². The molecule has 0 aromatic heterocycles. The highest BCUT2D eigenvalue weighted by atomic mass is 19.2. The number of hydrogen-bond donors (Lipinski definition) is 1. The Morgan fingerprint density at radius 1 is 1.31 bits per heavy atom. The fourth-order valence-electron chi connectivity index (χ4n) is 1.72. The van der Waals surface area contributed by atoms with Gasteiger partial charge in [0.2, 0.25) is 0 Å². The average molecular weight is 226 g/mol. The van der Waals surface area contributed by atoms with Crippen molar-refractivity contribution in [1.82, 2.24) is 0 Å². The van der Waals surface area contributed by atoms with Gasteiger partial charge in [-0.25, -0.2) is 8.78 Å². The van der Waals surface area contributed by atoms with E-state index in [-0.39, 0.29) is 5.56 Å². The summed E-state index contributed by atoms with van der Waals surface area (Å²) in [4.78, 5) is 0. The fourth-order valence-corrected chi connectivity index (χ4v) is 1.72. The molecule has 1 N–H and O–H groups in total. The molecule has 0 radical (unpaired) electrons. The molecule has 86 valence electrons. The van der Waals surface area contributed by atoms with Crippen molar-refractivity contribution in [3.63, 3.8) is 0 Å². The summed E-state index contributed by atoms with van der Waals surface area (Å²) in [6.45, 7) is 0.599. The van der Waals surface area contributed by atoms with Crippen LogP contribution in [0.2, 0.25) is 0 Å². The second-order valence-corrected chi connectivity index (χ2v) is 3.71. The maximum atomic E-state index is 13.4. The molecule has 1 aliphatic heterocycles. The summed E-state index contributed by atoms with van der Waals surface area (Å²) in [6.07, 6.45) is 1.71. The fraction of sp³-hybridized carbons (Fsp3) is 0.333. The van der Waals surface area contributed by atoms with E-state index in [1.54, 1.807) is 0 Å². The maximum absolute atomic E-state index is 13.4. The third kappa shape index (κ3) is 2.07. The van der Waals surface area contributed by atoms with Gasteiger partial charge in [0.25, 0.3) is 0 Å². The molecule has 2 nitrogen and oxygen atoms in total. The van der Waals surface area contributed by atoms with Crippen molar-refractivity contribution in [2.24, 2.45) is 0 Å². The van der Waals surface area contributed by atoms with Crippen LogP contribution >= 0.6 is 0 Å². The molecule has 0 amide bonds. The van der Waals surface area contributed by atoms with E-state index in [4.69, 9.17) is 4.74 Å². The second-order valence-electron chi connectivity index (χ2n) is 3.71. The highest BCUT2D eigenvalue weighted by Gasteiger charge is 2.21. The third-order valence-corrected chi connectivity index (χ3v) is 2.59. The van der Waals surface area contributed by atoms with Gasteiger partial charge in [0.1, 0.15) is 6.10 Å². The Kier molecular flexibility index (Phi) is 3.19. The molecule has 0 saturated heterocycles. The molecular formula is C12H12F2O2. The zero-order valence-electron chi connectivity index (χ0n) is 8.62. The van der Waals surface area contributed by atoms with Gasteiger partial charge in [0.15, 0.2) is 11.6 Å². The Hall–Kier alpha value is -1.42. The largest absolute Gasteiger partial charge is 0.501 e. The quantitative estimate of drug-likeness (QED) is 0.840. The van der Waals surface area contributed by atoms with Gasteiger partial charge in [0, 0.05) is 5.56 Å². The highest BCUT2D eigenvalue weighted by molar-refractivity contribution is 5.28. The predicted octanol–water partition coefficient (Wildman–Crippen LogP) is 2.69. The molecule has 1 aromatic carbocycles. The van der Waals surface area contributed by atoms with Crippen LogP contribution in [0.1, 0.15) is 24.5 Å². The lowest BCUT2D eigenvalue weighted by Gasteiger charge is -2.19. The molecule has 1 atom stereocenters. The van der Waals surface area contributed by atoms with Crippen molar-refractivity contribution in [2.45, 2.75) is 18.9 Å². The number of halogens is 2. The first kappa shape index (κ1) is 11.1. The van der Waals surface area contributed by atoms with Crippen LogP contribution in [0.5, 0.6) is 0 Å². The van der Waals surface area contributed by atoms with Gasteiger partial charge in [0.05, 0.1) is 12.9 Å². The summed E-state index contributed by atoms with van der Waals surface area (Å²) in [5, 5.41) is 9.90. The Labute approximate surface area is 92.2 Å². The van der Waals surface area contributed by atoms with E-state index in [0.29, 0.717) is 18.6 Å². The van der Waals surface area contributed by atoms with Crippen molar-refractivity contribution in [3.05, 3.63) is 47.2 Å². The molecule has 2 rings (SSSR count).